The SMILES string of the molecule is N#CSc1cc(N=C=S)cc(C(=O)O)c1. The summed E-state index contributed by atoms with van der Waals surface area (Å²) in [6.07, 6.45) is 0. The highest BCUT2D eigenvalue weighted by Crippen LogP contribution is 2.24. The summed E-state index contributed by atoms with van der Waals surface area (Å²) < 4.78 is 0. The van der Waals surface area contributed by atoms with Crippen LogP contribution in [0.3, 0.4) is 0 Å². The van der Waals surface area contributed by atoms with Crippen LogP contribution in [0.25, 0.3) is 0 Å². The Balaban J connectivity index is 3.26. The largest absolute Gasteiger partial charge is 0.478 e. The summed E-state index contributed by atoms with van der Waals surface area (Å²) in [4.78, 5) is 14.9. The van der Waals surface area contributed by atoms with Crippen LogP contribution in [-0.2, 0) is 0 Å². The molecule has 0 saturated heterocycles. The van der Waals surface area contributed by atoms with Gasteiger partial charge in [-0.15, -0.1) is 0 Å². The van der Waals surface area contributed by atoms with Crippen molar-refractivity contribution in [3.63, 3.8) is 0 Å². The van der Waals surface area contributed by atoms with E-state index >= 15 is 0 Å². The molecule has 6 heteroatoms. The Labute approximate surface area is 95.3 Å². The van der Waals surface area contributed by atoms with E-state index in [0.717, 1.165) is 11.8 Å². The van der Waals surface area contributed by atoms with E-state index < -0.39 is 5.97 Å². The number of aromatic carboxylic acids is 1. The van der Waals surface area contributed by atoms with Gasteiger partial charge in [-0.1, -0.05) is 0 Å². The van der Waals surface area contributed by atoms with Crippen molar-refractivity contribution in [2.24, 2.45) is 4.99 Å². The van der Waals surface area contributed by atoms with E-state index in [-0.39, 0.29) is 5.56 Å². The van der Waals surface area contributed by atoms with Crippen molar-refractivity contribution in [2.75, 3.05) is 0 Å². The number of nitriles is 1. The van der Waals surface area contributed by atoms with Gasteiger partial charge in [0.15, 0.2) is 0 Å². The van der Waals surface area contributed by atoms with Gasteiger partial charge in [-0.3, -0.25) is 0 Å². The molecule has 0 bridgehead atoms. The highest BCUT2D eigenvalue weighted by Gasteiger charge is 2.06. The molecule has 1 rings (SSSR count). The first-order valence-corrected chi connectivity index (χ1v) is 4.92. The molecule has 0 radical (unpaired) electrons. The molecule has 15 heavy (non-hydrogen) atoms. The number of rotatable bonds is 3. The van der Waals surface area contributed by atoms with Crippen molar-refractivity contribution in [3.8, 4) is 5.40 Å². The van der Waals surface area contributed by atoms with E-state index in [0.29, 0.717) is 10.6 Å². The van der Waals surface area contributed by atoms with E-state index in [1.807, 2.05) is 5.40 Å². The molecule has 0 amide bonds. The first-order chi connectivity index (χ1) is 7.17. The number of carbonyl (C=O) groups is 1. The molecule has 0 aliphatic rings. The van der Waals surface area contributed by atoms with Crippen molar-refractivity contribution < 1.29 is 9.90 Å². The highest BCUT2D eigenvalue weighted by atomic mass is 32.2. The van der Waals surface area contributed by atoms with Gasteiger partial charge in [0.05, 0.1) is 16.4 Å². The topological polar surface area (TPSA) is 73.5 Å². The molecule has 4 nitrogen and oxygen atoms in total. The second-order valence-electron chi connectivity index (χ2n) is 2.42. The first-order valence-electron chi connectivity index (χ1n) is 3.69. The summed E-state index contributed by atoms with van der Waals surface area (Å²) in [5.74, 6) is -1.07. The van der Waals surface area contributed by atoms with E-state index in [4.69, 9.17) is 10.4 Å². The second kappa shape index (κ2) is 5.27. The van der Waals surface area contributed by atoms with Crippen LogP contribution in [0.4, 0.5) is 5.69 Å². The molecule has 0 unspecified atom stereocenters. The summed E-state index contributed by atoms with van der Waals surface area (Å²) in [6.45, 7) is 0. The Bertz CT molecular complexity index is 467. The Morgan fingerprint density at radius 1 is 1.53 bits per heavy atom. The zero-order valence-corrected chi connectivity index (χ0v) is 8.93. The third kappa shape index (κ3) is 3.18. The third-order valence-corrected chi connectivity index (χ3v) is 2.13. The van der Waals surface area contributed by atoms with Crippen LogP contribution >= 0.6 is 24.0 Å². The minimum Gasteiger partial charge on any atom is -0.478 e. The average Bonchev–Trinajstić information content (AvgIpc) is 2.18. The standard InChI is InChI=1S/C9H4N2O2S2/c10-4-15-8-2-6(9(12)13)1-7(3-8)11-5-14/h1-3H,(H,12,13). The fraction of sp³-hybridized carbons (Fsp3) is 0. The molecule has 1 aromatic carbocycles. The summed E-state index contributed by atoms with van der Waals surface area (Å²) in [5, 5.41) is 21.3. The Morgan fingerprint density at radius 3 is 2.80 bits per heavy atom. The zero-order valence-electron chi connectivity index (χ0n) is 7.30. The van der Waals surface area contributed by atoms with Gasteiger partial charge < -0.3 is 5.11 Å². The number of hydrogen-bond donors (Lipinski definition) is 1. The van der Waals surface area contributed by atoms with Gasteiger partial charge in [-0.25, -0.2) is 4.79 Å². The molecule has 0 aliphatic heterocycles. The maximum Gasteiger partial charge on any atom is 0.335 e. The van der Waals surface area contributed by atoms with Gasteiger partial charge in [0.2, 0.25) is 0 Å². The smallest absolute Gasteiger partial charge is 0.335 e. The molecular weight excluding hydrogens is 232 g/mol. The van der Waals surface area contributed by atoms with Crippen LogP contribution in [0, 0.1) is 10.7 Å². The molecule has 0 atom stereocenters. The van der Waals surface area contributed by atoms with Crippen molar-refractivity contribution in [3.05, 3.63) is 23.8 Å². The normalized spacial score (nSPS) is 8.73. The maximum absolute atomic E-state index is 10.7. The van der Waals surface area contributed by atoms with E-state index in [9.17, 15) is 4.79 Å². The lowest BCUT2D eigenvalue weighted by molar-refractivity contribution is 0.0696. The number of aliphatic imine (C=N–C) groups is 1. The van der Waals surface area contributed by atoms with Crippen LogP contribution in [0.2, 0.25) is 0 Å². The molecule has 0 fully saturated rings. The number of benzene rings is 1. The molecular formula is C9H4N2O2S2. The van der Waals surface area contributed by atoms with Crippen LogP contribution in [0.5, 0.6) is 0 Å². The van der Waals surface area contributed by atoms with Gasteiger partial charge in [0, 0.05) is 4.90 Å². The molecule has 0 spiro atoms. The summed E-state index contributed by atoms with van der Waals surface area (Å²) in [6, 6.07) is 4.33. The van der Waals surface area contributed by atoms with E-state index in [1.54, 1.807) is 6.07 Å². The number of thioether (sulfide) groups is 1. The van der Waals surface area contributed by atoms with Gasteiger partial charge in [-0.2, -0.15) is 10.3 Å². The molecule has 0 heterocycles. The summed E-state index contributed by atoms with van der Waals surface area (Å²) >= 11 is 5.28. The van der Waals surface area contributed by atoms with Crippen molar-refractivity contribution in [2.45, 2.75) is 4.90 Å². The fourth-order valence-electron chi connectivity index (χ4n) is 0.936. The van der Waals surface area contributed by atoms with Crippen LogP contribution in [0.1, 0.15) is 10.4 Å². The first kappa shape index (κ1) is 11.4. The second-order valence-corrected chi connectivity index (χ2v) is 3.46. The van der Waals surface area contributed by atoms with Gasteiger partial charge in [-0.05, 0) is 42.2 Å². The molecule has 0 saturated carbocycles. The predicted octanol–water partition coefficient (Wildman–Crippen LogP) is 2.69. The highest BCUT2D eigenvalue weighted by molar-refractivity contribution is 8.03. The fourth-order valence-corrected chi connectivity index (χ4v) is 1.51. The number of isothiocyanates is 1. The van der Waals surface area contributed by atoms with E-state index in [2.05, 4.69) is 22.4 Å². The molecule has 74 valence electrons. The molecule has 0 aliphatic carbocycles. The Morgan fingerprint density at radius 2 is 2.27 bits per heavy atom. The number of carboxylic acids is 1. The quantitative estimate of drug-likeness (QED) is 0.378. The van der Waals surface area contributed by atoms with Crippen LogP contribution in [0.15, 0.2) is 28.1 Å². The minimum atomic E-state index is -1.07. The Kier molecular flexibility index (Phi) is 4.01. The van der Waals surface area contributed by atoms with Crippen molar-refractivity contribution >= 4 is 40.8 Å². The third-order valence-electron chi connectivity index (χ3n) is 1.48. The van der Waals surface area contributed by atoms with Gasteiger partial charge in [0.25, 0.3) is 0 Å². The zero-order chi connectivity index (χ0) is 11.3. The van der Waals surface area contributed by atoms with E-state index in [1.165, 1.54) is 12.1 Å². The maximum atomic E-state index is 10.7. The van der Waals surface area contributed by atoms with Crippen molar-refractivity contribution in [1.29, 1.82) is 5.26 Å². The lowest BCUT2D eigenvalue weighted by atomic mass is 10.2. The number of carboxylic acid groups (broad SMARTS) is 1. The van der Waals surface area contributed by atoms with Crippen LogP contribution < -0.4 is 0 Å². The lowest BCUT2D eigenvalue weighted by Gasteiger charge is -1.99. The Hall–Kier alpha value is -1.67. The molecule has 1 aromatic rings. The molecule has 0 aromatic heterocycles. The van der Waals surface area contributed by atoms with Gasteiger partial charge >= 0.3 is 5.97 Å². The number of thiocarbonyl (C=S) groups is 1. The number of nitrogens with zero attached hydrogens (tertiary/aromatic N) is 2. The lowest BCUT2D eigenvalue weighted by Crippen LogP contribution is -1.95. The average molecular weight is 236 g/mol. The van der Waals surface area contributed by atoms with Gasteiger partial charge in [0.1, 0.15) is 5.40 Å². The predicted molar refractivity (Wildman–Crippen MR) is 59.6 cm³/mol. The van der Waals surface area contributed by atoms with Crippen LogP contribution in [-0.4, -0.2) is 16.2 Å². The minimum absolute atomic E-state index is 0.0688. The number of hydrogen-bond acceptors (Lipinski definition) is 5. The molecule has 1 N–H and O–H groups in total. The number of thiocyanates is 1. The van der Waals surface area contributed by atoms with Crippen molar-refractivity contribution in [1.82, 2.24) is 0 Å². The summed E-state index contributed by atoms with van der Waals surface area (Å²) in [5.41, 5.74) is 0.446. The summed E-state index contributed by atoms with van der Waals surface area (Å²) in [7, 11) is 0. The monoisotopic (exact) mass is 236 g/mol.